The average Bonchev–Trinajstić information content (AvgIpc) is 2.18. The molecule has 0 unspecified atom stereocenters. The predicted octanol–water partition coefficient (Wildman–Crippen LogP) is 2.65. The third kappa shape index (κ3) is 3.18. The van der Waals surface area contributed by atoms with Crippen LogP contribution in [-0.2, 0) is 9.59 Å². The van der Waals surface area contributed by atoms with E-state index in [4.69, 9.17) is 16.7 Å². The third-order valence-electron chi connectivity index (χ3n) is 1.62. The van der Waals surface area contributed by atoms with Crippen molar-refractivity contribution in [1.29, 1.82) is 0 Å². The van der Waals surface area contributed by atoms with Crippen LogP contribution in [0.25, 0.3) is 0 Å². The molecule has 0 aliphatic heterocycles. The predicted molar refractivity (Wildman–Crippen MR) is 60.0 cm³/mol. The summed E-state index contributed by atoms with van der Waals surface area (Å²) in [5.41, 5.74) is -0.123. The van der Waals surface area contributed by atoms with Gasteiger partial charge in [0.2, 0.25) is 5.91 Å². The largest absolute Gasteiger partial charge is 0.481 e. The van der Waals surface area contributed by atoms with Gasteiger partial charge in [-0.2, -0.15) is 0 Å². The lowest BCUT2D eigenvalue weighted by atomic mass is 10.3. The van der Waals surface area contributed by atoms with Gasteiger partial charge in [-0.05, 0) is 28.1 Å². The normalized spacial score (nSPS) is 9.94. The van der Waals surface area contributed by atoms with Gasteiger partial charge >= 0.3 is 5.97 Å². The summed E-state index contributed by atoms with van der Waals surface area (Å²) in [7, 11) is 0. The minimum atomic E-state index is -1.29. The number of aliphatic carboxylic acids is 1. The molecule has 86 valence electrons. The lowest BCUT2D eigenvalue weighted by molar-refractivity contribution is -0.139. The molecule has 7 heteroatoms. The maximum absolute atomic E-state index is 13.5. The number of benzene rings is 1. The SMILES string of the molecule is O=C(O)CC(=O)Nc1ccc(Cl)c(Br)c1F. The summed E-state index contributed by atoms with van der Waals surface area (Å²) in [5, 5.41) is 10.6. The Hall–Kier alpha value is -1.14. The number of anilines is 1. The number of rotatable bonds is 3. The fourth-order valence-corrected chi connectivity index (χ4v) is 1.45. The molecular formula is C9H6BrClFNO3. The van der Waals surface area contributed by atoms with Gasteiger partial charge in [0.1, 0.15) is 6.42 Å². The summed E-state index contributed by atoms with van der Waals surface area (Å²) in [4.78, 5) is 21.3. The van der Waals surface area contributed by atoms with Gasteiger partial charge in [-0.25, -0.2) is 4.39 Å². The second-order valence-corrected chi connectivity index (χ2v) is 4.04. The van der Waals surface area contributed by atoms with E-state index in [2.05, 4.69) is 21.2 Å². The summed E-state index contributed by atoms with van der Waals surface area (Å²) in [5.74, 6) is -2.84. The van der Waals surface area contributed by atoms with Gasteiger partial charge in [-0.15, -0.1) is 0 Å². The van der Waals surface area contributed by atoms with Crippen LogP contribution in [0.2, 0.25) is 5.02 Å². The van der Waals surface area contributed by atoms with Crippen LogP contribution in [-0.4, -0.2) is 17.0 Å². The van der Waals surface area contributed by atoms with Gasteiger partial charge in [0.15, 0.2) is 5.82 Å². The molecule has 0 bridgehead atoms. The molecule has 0 radical (unpaired) electrons. The van der Waals surface area contributed by atoms with Gasteiger partial charge in [-0.1, -0.05) is 11.6 Å². The first kappa shape index (κ1) is 12.9. The number of hydrogen-bond acceptors (Lipinski definition) is 2. The smallest absolute Gasteiger partial charge is 0.312 e. The van der Waals surface area contributed by atoms with Crippen LogP contribution >= 0.6 is 27.5 Å². The van der Waals surface area contributed by atoms with Gasteiger partial charge in [0, 0.05) is 0 Å². The van der Waals surface area contributed by atoms with Gasteiger partial charge in [0.05, 0.1) is 15.2 Å². The number of carbonyl (C=O) groups excluding carboxylic acids is 1. The van der Waals surface area contributed by atoms with Crippen molar-refractivity contribution in [3.05, 3.63) is 27.4 Å². The molecule has 0 atom stereocenters. The molecule has 0 aliphatic carbocycles. The first-order valence-corrected chi connectivity index (χ1v) is 5.24. The molecule has 0 aromatic heterocycles. The molecule has 16 heavy (non-hydrogen) atoms. The van der Waals surface area contributed by atoms with Crippen LogP contribution in [0.1, 0.15) is 6.42 Å². The minimum Gasteiger partial charge on any atom is -0.481 e. The first-order valence-electron chi connectivity index (χ1n) is 4.07. The fourth-order valence-electron chi connectivity index (χ4n) is 0.954. The van der Waals surface area contributed by atoms with Crippen molar-refractivity contribution in [2.75, 3.05) is 5.32 Å². The van der Waals surface area contributed by atoms with Crippen molar-refractivity contribution in [3.8, 4) is 0 Å². The number of hydrogen-bond donors (Lipinski definition) is 2. The number of carbonyl (C=O) groups is 2. The van der Waals surface area contributed by atoms with Gasteiger partial charge in [-0.3, -0.25) is 9.59 Å². The van der Waals surface area contributed by atoms with Crippen molar-refractivity contribution < 1.29 is 19.1 Å². The van der Waals surface area contributed by atoms with Gasteiger partial charge < -0.3 is 10.4 Å². The second kappa shape index (κ2) is 5.27. The highest BCUT2D eigenvalue weighted by atomic mass is 79.9. The lowest BCUT2D eigenvalue weighted by Crippen LogP contribution is -2.16. The molecule has 0 heterocycles. The van der Waals surface area contributed by atoms with Crippen molar-refractivity contribution >= 4 is 45.1 Å². The lowest BCUT2D eigenvalue weighted by Gasteiger charge is -2.07. The van der Waals surface area contributed by atoms with E-state index in [1.165, 1.54) is 12.1 Å². The summed E-state index contributed by atoms with van der Waals surface area (Å²) in [6, 6.07) is 2.63. The zero-order chi connectivity index (χ0) is 12.3. The fraction of sp³-hybridized carbons (Fsp3) is 0.111. The molecule has 1 amide bonds. The third-order valence-corrected chi connectivity index (χ3v) is 2.94. The maximum atomic E-state index is 13.5. The summed E-state index contributed by atoms with van der Waals surface area (Å²) >= 11 is 8.51. The molecule has 0 aliphatic rings. The van der Waals surface area contributed by atoms with E-state index in [0.717, 1.165) is 0 Å². The topological polar surface area (TPSA) is 66.4 Å². The van der Waals surface area contributed by atoms with E-state index in [9.17, 15) is 14.0 Å². The first-order chi connectivity index (χ1) is 7.41. The monoisotopic (exact) mass is 309 g/mol. The zero-order valence-electron chi connectivity index (χ0n) is 7.76. The Morgan fingerprint density at radius 3 is 2.69 bits per heavy atom. The molecule has 0 saturated carbocycles. The van der Waals surface area contributed by atoms with Crippen LogP contribution in [0, 0.1) is 5.82 Å². The van der Waals surface area contributed by atoms with Crippen LogP contribution in [0.15, 0.2) is 16.6 Å². The number of amides is 1. The van der Waals surface area contributed by atoms with Crippen molar-refractivity contribution in [3.63, 3.8) is 0 Å². The zero-order valence-corrected chi connectivity index (χ0v) is 10.1. The van der Waals surface area contributed by atoms with E-state index >= 15 is 0 Å². The highest BCUT2D eigenvalue weighted by molar-refractivity contribution is 9.10. The quantitative estimate of drug-likeness (QED) is 0.666. The molecular weight excluding hydrogens is 304 g/mol. The minimum absolute atomic E-state index is 0.0160. The Labute approximate surface area is 104 Å². The molecule has 1 rings (SSSR count). The van der Waals surface area contributed by atoms with Crippen molar-refractivity contribution in [1.82, 2.24) is 0 Å². The molecule has 1 aromatic rings. The second-order valence-electron chi connectivity index (χ2n) is 2.84. The number of halogens is 3. The summed E-state index contributed by atoms with van der Waals surface area (Å²) < 4.78 is 13.5. The molecule has 0 spiro atoms. The van der Waals surface area contributed by atoms with Crippen LogP contribution in [0.4, 0.5) is 10.1 Å². The maximum Gasteiger partial charge on any atom is 0.312 e. The standard InChI is InChI=1S/C9H6BrClFNO3/c10-8-4(11)1-2-5(9(8)12)13-6(14)3-7(15)16/h1-2H,3H2,(H,13,14)(H,15,16). The highest BCUT2D eigenvalue weighted by Crippen LogP contribution is 2.30. The summed E-state index contributed by atoms with van der Waals surface area (Å²) in [6.45, 7) is 0. The number of nitrogens with one attached hydrogen (secondary N) is 1. The van der Waals surface area contributed by atoms with Crippen LogP contribution in [0.3, 0.4) is 0 Å². The number of carboxylic acid groups (broad SMARTS) is 1. The van der Waals surface area contributed by atoms with E-state index in [1.54, 1.807) is 0 Å². The van der Waals surface area contributed by atoms with E-state index in [0.29, 0.717) is 0 Å². The van der Waals surface area contributed by atoms with Crippen LogP contribution in [0.5, 0.6) is 0 Å². The molecule has 1 aromatic carbocycles. The molecule has 0 fully saturated rings. The molecule has 0 saturated heterocycles. The average molecular weight is 311 g/mol. The van der Waals surface area contributed by atoms with Crippen molar-refractivity contribution in [2.24, 2.45) is 0 Å². The Balaban J connectivity index is 2.86. The van der Waals surface area contributed by atoms with E-state index < -0.39 is 24.1 Å². The Morgan fingerprint density at radius 1 is 1.50 bits per heavy atom. The Bertz CT molecular complexity index is 453. The van der Waals surface area contributed by atoms with E-state index in [-0.39, 0.29) is 15.2 Å². The van der Waals surface area contributed by atoms with E-state index in [1.807, 2.05) is 0 Å². The molecule has 2 N–H and O–H groups in total. The van der Waals surface area contributed by atoms with Crippen molar-refractivity contribution in [2.45, 2.75) is 6.42 Å². The molecule has 4 nitrogen and oxygen atoms in total. The number of carboxylic acids is 1. The van der Waals surface area contributed by atoms with Crippen LogP contribution < -0.4 is 5.32 Å². The highest BCUT2D eigenvalue weighted by Gasteiger charge is 2.14. The Kier molecular flexibility index (Phi) is 4.26. The summed E-state index contributed by atoms with van der Waals surface area (Å²) in [6.07, 6.45) is -0.723. The Morgan fingerprint density at radius 2 is 2.12 bits per heavy atom. The van der Waals surface area contributed by atoms with Gasteiger partial charge in [0.25, 0.3) is 0 Å².